The molecule has 0 aromatic rings. The molecule has 0 amide bonds. The van der Waals surface area contributed by atoms with Crippen molar-refractivity contribution in [3.63, 3.8) is 0 Å². The minimum absolute atomic E-state index is 0.0395. The maximum Gasteiger partial charge on any atom is 0.303 e. The minimum atomic E-state index is -0.905. The molecule has 0 aliphatic carbocycles. The van der Waals surface area contributed by atoms with E-state index in [1.807, 2.05) is 6.08 Å². The first-order valence-corrected chi connectivity index (χ1v) is 9.68. The average Bonchev–Trinajstić information content (AvgIpc) is 2.96. The highest BCUT2D eigenvalue weighted by Gasteiger charge is 2.36. The van der Waals surface area contributed by atoms with Crippen LogP contribution in [0.1, 0.15) is 64.7 Å². The predicted molar refractivity (Wildman–Crippen MR) is 99.8 cm³/mol. The number of unbranched alkanes of at least 4 members (excludes halogenated alkanes) is 3. The molecule has 1 rings (SSSR count). The number of carboxylic acid groups (broad SMARTS) is 1. The van der Waals surface area contributed by atoms with Gasteiger partial charge in [-0.05, 0) is 32.1 Å². The molecule has 0 spiro atoms. The fourth-order valence-corrected chi connectivity index (χ4v) is 3.01. The number of rotatable bonds is 13. The molecule has 26 heavy (non-hydrogen) atoms. The second kappa shape index (κ2) is 13.0. The Morgan fingerprint density at radius 3 is 2.65 bits per heavy atom. The van der Waals surface area contributed by atoms with Gasteiger partial charge in [-0.3, -0.25) is 4.79 Å². The van der Waals surface area contributed by atoms with Gasteiger partial charge in [0.05, 0.1) is 30.5 Å². The van der Waals surface area contributed by atoms with Crippen LogP contribution in [0.2, 0.25) is 0 Å². The van der Waals surface area contributed by atoms with Crippen LogP contribution in [0, 0.1) is 0 Å². The monoisotopic (exact) mass is 370 g/mol. The molecule has 6 heteroatoms. The number of hydrogen-bond acceptors (Lipinski definition) is 5. The Bertz CT molecular complexity index is 448. The number of aliphatic hydroxyl groups excluding tert-OH is 3. The number of aliphatic hydroxyl groups is 3. The quantitative estimate of drug-likeness (QED) is 0.293. The fraction of sp³-hybridized carbons (Fsp3) is 0.750. The normalized spacial score (nSPS) is 25.9. The highest BCUT2D eigenvalue weighted by atomic mass is 16.5. The molecular weight excluding hydrogens is 336 g/mol. The molecule has 1 heterocycles. The van der Waals surface area contributed by atoms with Crippen LogP contribution in [-0.2, 0) is 9.53 Å². The summed E-state index contributed by atoms with van der Waals surface area (Å²) >= 11 is 0. The van der Waals surface area contributed by atoms with Crippen LogP contribution in [0.4, 0.5) is 0 Å². The van der Waals surface area contributed by atoms with Gasteiger partial charge >= 0.3 is 5.97 Å². The third-order valence-corrected chi connectivity index (χ3v) is 4.56. The molecular formula is C20H34O6. The zero-order chi connectivity index (χ0) is 19.4. The molecule has 0 bridgehead atoms. The number of aliphatic carboxylic acids is 1. The number of ether oxygens (including phenoxy) is 1. The number of allylic oxidation sites excluding steroid dienone is 1. The van der Waals surface area contributed by atoms with Crippen LogP contribution in [-0.4, -0.2) is 56.9 Å². The summed E-state index contributed by atoms with van der Waals surface area (Å²) in [5, 5.41) is 38.7. The fourth-order valence-electron chi connectivity index (χ4n) is 3.01. The van der Waals surface area contributed by atoms with Crippen molar-refractivity contribution in [2.24, 2.45) is 0 Å². The van der Waals surface area contributed by atoms with Crippen LogP contribution in [0.3, 0.4) is 0 Å². The van der Waals surface area contributed by atoms with Crippen molar-refractivity contribution in [2.75, 3.05) is 0 Å². The molecule has 5 atom stereocenters. The van der Waals surface area contributed by atoms with E-state index in [2.05, 4.69) is 13.0 Å². The first-order valence-electron chi connectivity index (χ1n) is 9.68. The van der Waals surface area contributed by atoms with Crippen molar-refractivity contribution in [3.05, 3.63) is 24.3 Å². The van der Waals surface area contributed by atoms with Gasteiger partial charge in [-0.1, -0.05) is 44.1 Å². The van der Waals surface area contributed by atoms with Gasteiger partial charge in [0, 0.05) is 12.8 Å². The van der Waals surface area contributed by atoms with Crippen LogP contribution in [0.5, 0.6) is 0 Å². The molecule has 0 aromatic heterocycles. The first kappa shape index (κ1) is 22.8. The third kappa shape index (κ3) is 9.48. The van der Waals surface area contributed by atoms with Gasteiger partial charge in [0.2, 0.25) is 0 Å². The summed E-state index contributed by atoms with van der Waals surface area (Å²) in [5.41, 5.74) is 0. The lowest BCUT2D eigenvalue weighted by atomic mass is 10.0. The van der Waals surface area contributed by atoms with E-state index in [1.54, 1.807) is 6.08 Å². The van der Waals surface area contributed by atoms with E-state index in [-0.39, 0.29) is 6.42 Å². The summed E-state index contributed by atoms with van der Waals surface area (Å²) in [6, 6.07) is 0. The average molecular weight is 370 g/mol. The van der Waals surface area contributed by atoms with E-state index >= 15 is 0 Å². The molecule has 0 radical (unpaired) electrons. The highest BCUT2D eigenvalue weighted by Crippen LogP contribution is 2.27. The number of hydrogen-bond donors (Lipinski definition) is 4. The largest absolute Gasteiger partial charge is 0.481 e. The third-order valence-electron chi connectivity index (χ3n) is 4.56. The topological polar surface area (TPSA) is 107 Å². The standard InChI is InChI=1S/C20H34O6/c1-2-3-4-5-6-7-9-15(21)12-13-16(22)19-14-17(23)18(26-19)10-8-11-20(24)25/h6-7,12-13,15-19,21-23H,2-5,8-11,14H2,1H3,(H,24,25)/b7-6-,13-12-/t15-,16+,17-,18+,19-/m0/s1. The summed E-state index contributed by atoms with van der Waals surface area (Å²) in [5.74, 6) is -0.870. The lowest BCUT2D eigenvalue weighted by molar-refractivity contribution is -0.137. The van der Waals surface area contributed by atoms with Crippen LogP contribution >= 0.6 is 0 Å². The van der Waals surface area contributed by atoms with Crippen molar-refractivity contribution in [2.45, 2.75) is 95.2 Å². The summed E-state index contributed by atoms with van der Waals surface area (Å²) in [6.45, 7) is 2.16. The molecule has 0 unspecified atom stereocenters. The SMILES string of the molecule is CCCCC/C=C\C[C@H](O)/C=C\[C@@H](O)[C@@H]1C[C@H](O)[C@@H](CCCC(=O)O)O1. The summed E-state index contributed by atoms with van der Waals surface area (Å²) in [4.78, 5) is 10.5. The smallest absolute Gasteiger partial charge is 0.303 e. The van der Waals surface area contributed by atoms with Crippen molar-refractivity contribution in [1.82, 2.24) is 0 Å². The number of carbonyl (C=O) groups is 1. The maximum absolute atomic E-state index is 10.5. The molecule has 1 saturated heterocycles. The summed E-state index contributed by atoms with van der Waals surface area (Å²) in [6.07, 6.45) is 10.1. The Balaban J connectivity index is 2.29. The second-order valence-electron chi connectivity index (χ2n) is 6.95. The number of carboxylic acids is 1. The van der Waals surface area contributed by atoms with Gasteiger partial charge in [0.15, 0.2) is 0 Å². The molecule has 1 aliphatic rings. The van der Waals surface area contributed by atoms with Crippen LogP contribution < -0.4 is 0 Å². The molecule has 4 N–H and O–H groups in total. The van der Waals surface area contributed by atoms with Gasteiger partial charge in [-0.25, -0.2) is 0 Å². The first-order chi connectivity index (χ1) is 12.4. The zero-order valence-corrected chi connectivity index (χ0v) is 15.7. The van der Waals surface area contributed by atoms with E-state index in [9.17, 15) is 20.1 Å². The van der Waals surface area contributed by atoms with Crippen molar-refractivity contribution >= 4 is 5.97 Å². The van der Waals surface area contributed by atoms with Crippen molar-refractivity contribution < 1.29 is 30.0 Å². The lowest BCUT2D eigenvalue weighted by Crippen LogP contribution is -2.25. The molecule has 1 fully saturated rings. The van der Waals surface area contributed by atoms with Crippen molar-refractivity contribution in [3.8, 4) is 0 Å². The lowest BCUT2D eigenvalue weighted by Gasteiger charge is -2.17. The Hall–Kier alpha value is -1.21. The Morgan fingerprint density at radius 1 is 1.19 bits per heavy atom. The van der Waals surface area contributed by atoms with E-state index in [0.717, 1.165) is 12.8 Å². The van der Waals surface area contributed by atoms with E-state index < -0.39 is 36.5 Å². The van der Waals surface area contributed by atoms with Crippen LogP contribution in [0.25, 0.3) is 0 Å². The molecule has 6 nitrogen and oxygen atoms in total. The molecule has 1 aliphatic heterocycles. The molecule has 0 saturated carbocycles. The zero-order valence-electron chi connectivity index (χ0n) is 15.7. The van der Waals surface area contributed by atoms with Gasteiger partial charge in [-0.15, -0.1) is 0 Å². The van der Waals surface area contributed by atoms with Gasteiger partial charge < -0.3 is 25.2 Å². The van der Waals surface area contributed by atoms with E-state index in [0.29, 0.717) is 25.7 Å². The Morgan fingerprint density at radius 2 is 1.96 bits per heavy atom. The predicted octanol–water partition coefficient (Wildman–Crippen LogP) is 2.56. The minimum Gasteiger partial charge on any atom is -0.481 e. The molecule has 0 aromatic carbocycles. The van der Waals surface area contributed by atoms with Crippen molar-refractivity contribution in [1.29, 1.82) is 0 Å². The highest BCUT2D eigenvalue weighted by molar-refractivity contribution is 5.66. The van der Waals surface area contributed by atoms with Gasteiger partial charge in [0.25, 0.3) is 0 Å². The second-order valence-corrected chi connectivity index (χ2v) is 6.95. The molecule has 150 valence electrons. The Labute approximate surface area is 156 Å². The van der Waals surface area contributed by atoms with E-state index in [1.165, 1.54) is 18.9 Å². The van der Waals surface area contributed by atoms with E-state index in [4.69, 9.17) is 9.84 Å². The summed E-state index contributed by atoms with van der Waals surface area (Å²) < 4.78 is 5.65. The Kier molecular flexibility index (Phi) is 11.4. The van der Waals surface area contributed by atoms with Gasteiger partial charge in [-0.2, -0.15) is 0 Å². The van der Waals surface area contributed by atoms with Gasteiger partial charge in [0.1, 0.15) is 0 Å². The van der Waals surface area contributed by atoms with Crippen LogP contribution in [0.15, 0.2) is 24.3 Å². The maximum atomic E-state index is 10.5. The summed E-state index contributed by atoms with van der Waals surface area (Å²) in [7, 11) is 0.